The molecule has 0 heterocycles. The minimum Gasteiger partial charge on any atom is -0.166 e. The molecule has 0 aliphatic rings. The molecule has 0 saturated carbocycles. The lowest BCUT2D eigenvalue weighted by Gasteiger charge is -2.28. The second-order valence-electron chi connectivity index (χ2n) is 6.01. The maximum Gasteiger partial charge on any atom is 0.416 e. The van der Waals surface area contributed by atoms with E-state index in [2.05, 4.69) is 0 Å². The van der Waals surface area contributed by atoms with Crippen LogP contribution in [0.2, 0.25) is 0 Å². The molecule has 126 valence electrons. The zero-order valence-corrected chi connectivity index (χ0v) is 12.8. The molecule has 0 aliphatic heterocycles. The average molecular weight is 326 g/mol. The molecule has 1 atom stereocenters. The number of hydrogen-bond acceptors (Lipinski definition) is 0. The molecule has 0 N–H and O–H groups in total. The Morgan fingerprint density at radius 3 is 1.59 bits per heavy atom. The first-order valence-corrected chi connectivity index (χ1v) is 7.19. The van der Waals surface area contributed by atoms with Gasteiger partial charge in [-0.05, 0) is 42.0 Å². The maximum atomic E-state index is 12.8. The molecule has 0 aromatic heterocycles. The first kappa shape index (κ1) is 18.8. The van der Waals surface area contributed by atoms with E-state index in [0.29, 0.717) is 6.42 Å². The molecule has 6 heteroatoms. The summed E-state index contributed by atoms with van der Waals surface area (Å²) in [7, 11) is 0. The van der Waals surface area contributed by atoms with Gasteiger partial charge < -0.3 is 0 Å². The van der Waals surface area contributed by atoms with Crippen molar-refractivity contribution >= 4 is 0 Å². The Kier molecular flexibility index (Phi) is 5.57. The van der Waals surface area contributed by atoms with E-state index in [1.165, 1.54) is 0 Å². The summed E-state index contributed by atoms with van der Waals surface area (Å²) >= 11 is 0. The Hall–Kier alpha value is -1.20. The predicted octanol–water partition coefficient (Wildman–Crippen LogP) is 6.48. The van der Waals surface area contributed by atoms with Crippen LogP contribution in [0, 0.1) is 5.41 Å². The van der Waals surface area contributed by atoms with Gasteiger partial charge in [-0.15, -0.1) is 0 Å². The van der Waals surface area contributed by atoms with Crippen LogP contribution in [0.1, 0.15) is 56.7 Å². The van der Waals surface area contributed by atoms with E-state index in [1.54, 1.807) is 0 Å². The fraction of sp³-hybridized carbons (Fsp3) is 0.625. The van der Waals surface area contributed by atoms with Gasteiger partial charge >= 0.3 is 12.4 Å². The number of hydrogen-bond donors (Lipinski definition) is 0. The van der Waals surface area contributed by atoms with Crippen LogP contribution in [0.3, 0.4) is 0 Å². The molecule has 0 radical (unpaired) electrons. The van der Waals surface area contributed by atoms with Crippen molar-refractivity contribution in [3.05, 3.63) is 34.9 Å². The largest absolute Gasteiger partial charge is 0.416 e. The molecule has 0 spiro atoms. The highest BCUT2D eigenvalue weighted by molar-refractivity contribution is 5.34. The molecule has 0 aliphatic carbocycles. The number of rotatable bonds is 5. The van der Waals surface area contributed by atoms with E-state index in [4.69, 9.17) is 0 Å². The van der Waals surface area contributed by atoms with Gasteiger partial charge in [-0.25, -0.2) is 0 Å². The summed E-state index contributed by atoms with van der Waals surface area (Å²) < 4.78 is 77.0. The van der Waals surface area contributed by atoms with Gasteiger partial charge in [-0.3, -0.25) is 0 Å². The lowest BCUT2D eigenvalue weighted by molar-refractivity contribution is -0.143. The Morgan fingerprint density at radius 1 is 0.818 bits per heavy atom. The molecule has 1 aromatic carbocycles. The van der Waals surface area contributed by atoms with E-state index in [9.17, 15) is 26.3 Å². The zero-order chi connectivity index (χ0) is 17.2. The summed E-state index contributed by atoms with van der Waals surface area (Å²) in [6.45, 7) is 5.74. The third kappa shape index (κ3) is 4.92. The molecule has 1 aromatic rings. The molecule has 22 heavy (non-hydrogen) atoms. The van der Waals surface area contributed by atoms with Crippen LogP contribution in [0.15, 0.2) is 18.2 Å². The van der Waals surface area contributed by atoms with Crippen molar-refractivity contribution in [1.29, 1.82) is 0 Å². The first-order valence-electron chi connectivity index (χ1n) is 7.19. The minimum absolute atomic E-state index is 0.0833. The highest BCUT2D eigenvalue weighted by atomic mass is 19.4. The summed E-state index contributed by atoms with van der Waals surface area (Å²) in [4.78, 5) is 0. The normalized spacial score (nSPS) is 15.7. The second kappa shape index (κ2) is 6.50. The summed E-state index contributed by atoms with van der Waals surface area (Å²) in [6.07, 6.45) is -7.11. The SMILES string of the molecule is CCCC(C)(CC)Cc1cc(C(F)(F)F)cc(C(F)(F)F)c1. The third-order valence-electron chi connectivity index (χ3n) is 3.99. The van der Waals surface area contributed by atoms with Crippen molar-refractivity contribution in [2.24, 2.45) is 5.41 Å². The molecule has 0 bridgehead atoms. The molecular weight excluding hydrogens is 306 g/mol. The van der Waals surface area contributed by atoms with Crippen LogP contribution in [0.25, 0.3) is 0 Å². The Morgan fingerprint density at radius 2 is 1.27 bits per heavy atom. The van der Waals surface area contributed by atoms with Crippen LogP contribution in [0.4, 0.5) is 26.3 Å². The predicted molar refractivity (Wildman–Crippen MR) is 73.5 cm³/mol. The molecule has 0 amide bonds. The maximum absolute atomic E-state index is 12.8. The molecule has 0 saturated heterocycles. The van der Waals surface area contributed by atoms with Gasteiger partial charge in [0.2, 0.25) is 0 Å². The summed E-state index contributed by atoms with van der Waals surface area (Å²) in [6, 6.07) is 1.84. The van der Waals surface area contributed by atoms with Crippen molar-refractivity contribution in [2.45, 2.75) is 58.8 Å². The van der Waals surface area contributed by atoms with Crippen LogP contribution in [-0.4, -0.2) is 0 Å². The highest BCUT2D eigenvalue weighted by Gasteiger charge is 2.37. The van der Waals surface area contributed by atoms with Crippen molar-refractivity contribution in [3.8, 4) is 0 Å². The van der Waals surface area contributed by atoms with Gasteiger partial charge in [-0.2, -0.15) is 26.3 Å². The summed E-state index contributed by atoms with van der Waals surface area (Å²) in [5.74, 6) is 0. The van der Waals surface area contributed by atoms with Crippen LogP contribution in [0.5, 0.6) is 0 Å². The monoisotopic (exact) mass is 326 g/mol. The first-order chi connectivity index (χ1) is 9.91. The lowest BCUT2D eigenvalue weighted by Crippen LogP contribution is -2.20. The summed E-state index contributed by atoms with van der Waals surface area (Å²) in [5, 5.41) is 0. The van der Waals surface area contributed by atoms with Crippen LogP contribution < -0.4 is 0 Å². The Balaban J connectivity index is 3.30. The molecule has 1 unspecified atom stereocenters. The zero-order valence-electron chi connectivity index (χ0n) is 12.8. The fourth-order valence-electron chi connectivity index (χ4n) is 2.61. The highest BCUT2D eigenvalue weighted by Crippen LogP contribution is 2.39. The molecule has 0 fully saturated rings. The van der Waals surface area contributed by atoms with Gasteiger partial charge in [0, 0.05) is 0 Å². The number of benzene rings is 1. The lowest BCUT2D eigenvalue weighted by atomic mass is 9.77. The second-order valence-corrected chi connectivity index (χ2v) is 6.01. The van der Waals surface area contributed by atoms with Crippen LogP contribution in [-0.2, 0) is 18.8 Å². The molecule has 1 rings (SSSR count). The van der Waals surface area contributed by atoms with E-state index in [0.717, 1.165) is 25.0 Å². The molecular formula is C16H20F6. The number of halogens is 6. The van der Waals surface area contributed by atoms with Gasteiger partial charge in [-0.1, -0.05) is 33.6 Å². The van der Waals surface area contributed by atoms with Gasteiger partial charge in [0.05, 0.1) is 11.1 Å². The standard InChI is InChI=1S/C16H20F6/c1-4-6-14(3,5-2)10-11-7-12(15(17,18)19)9-13(8-11)16(20,21)22/h7-9H,4-6,10H2,1-3H3. The van der Waals surface area contributed by atoms with Crippen molar-refractivity contribution in [1.82, 2.24) is 0 Å². The average Bonchev–Trinajstić information content (AvgIpc) is 2.36. The van der Waals surface area contributed by atoms with Gasteiger partial charge in [0.15, 0.2) is 0 Å². The molecule has 0 nitrogen and oxygen atoms in total. The Labute approximate surface area is 126 Å². The van der Waals surface area contributed by atoms with E-state index in [-0.39, 0.29) is 23.5 Å². The van der Waals surface area contributed by atoms with Crippen LogP contribution >= 0.6 is 0 Å². The smallest absolute Gasteiger partial charge is 0.166 e. The van der Waals surface area contributed by atoms with E-state index >= 15 is 0 Å². The van der Waals surface area contributed by atoms with Gasteiger partial charge in [0.25, 0.3) is 0 Å². The fourth-order valence-corrected chi connectivity index (χ4v) is 2.61. The Bertz CT molecular complexity index is 468. The van der Waals surface area contributed by atoms with Crippen molar-refractivity contribution < 1.29 is 26.3 Å². The number of alkyl halides is 6. The van der Waals surface area contributed by atoms with Gasteiger partial charge in [0.1, 0.15) is 0 Å². The van der Waals surface area contributed by atoms with E-state index in [1.807, 2.05) is 20.8 Å². The quantitative estimate of drug-likeness (QED) is 0.543. The minimum atomic E-state index is -4.79. The summed E-state index contributed by atoms with van der Waals surface area (Å²) in [5.41, 5.74) is -2.71. The van der Waals surface area contributed by atoms with Crippen molar-refractivity contribution in [3.63, 3.8) is 0 Å². The topological polar surface area (TPSA) is 0 Å². The van der Waals surface area contributed by atoms with Crippen molar-refractivity contribution in [2.75, 3.05) is 0 Å². The van der Waals surface area contributed by atoms with E-state index < -0.39 is 23.5 Å². The third-order valence-corrected chi connectivity index (χ3v) is 3.99.